The van der Waals surface area contributed by atoms with Gasteiger partial charge in [-0.1, -0.05) is 18.2 Å². The molecule has 0 bridgehead atoms. The van der Waals surface area contributed by atoms with Crippen LogP contribution in [-0.4, -0.2) is 35.9 Å². The maximum atomic E-state index is 12.3. The third-order valence-corrected chi connectivity index (χ3v) is 6.41. The smallest absolute Gasteiger partial charge is 0.334 e. The first kappa shape index (κ1) is 16.6. The third kappa shape index (κ3) is 2.18. The summed E-state index contributed by atoms with van der Waals surface area (Å²) in [7, 11) is 0. The lowest BCUT2D eigenvalue weighted by atomic mass is 9.81. The molecule has 0 aromatic carbocycles. The van der Waals surface area contributed by atoms with Gasteiger partial charge in [0.25, 0.3) is 0 Å². The molecule has 2 aliphatic carbocycles. The molecule has 6 atom stereocenters. The number of allylic oxidation sites excluding steroid dienone is 2. The minimum Gasteiger partial charge on any atom is -0.458 e. The topological polar surface area (TPSA) is 65.1 Å². The summed E-state index contributed by atoms with van der Waals surface area (Å²) in [5.74, 6) is -0.685. The van der Waals surface area contributed by atoms with Gasteiger partial charge in [-0.05, 0) is 46.1 Å². The highest BCUT2D eigenvalue weighted by molar-refractivity contribution is 5.91. The van der Waals surface area contributed by atoms with Crippen molar-refractivity contribution in [2.24, 2.45) is 11.8 Å². The molecule has 25 heavy (non-hydrogen) atoms. The maximum absolute atomic E-state index is 12.3. The number of carbonyl (C=O) groups excluding carboxylic acids is 2. The zero-order chi connectivity index (χ0) is 18.1. The van der Waals surface area contributed by atoms with E-state index in [4.69, 9.17) is 14.2 Å². The Kier molecular flexibility index (Phi) is 3.52. The van der Waals surface area contributed by atoms with Crippen molar-refractivity contribution in [2.75, 3.05) is 0 Å². The Morgan fingerprint density at radius 3 is 2.84 bits per heavy atom. The Balaban J connectivity index is 1.72. The number of fused-ring (bicyclic) bond motifs is 5. The summed E-state index contributed by atoms with van der Waals surface area (Å²) in [5, 5.41) is 0. The van der Waals surface area contributed by atoms with Gasteiger partial charge in [0.1, 0.15) is 17.8 Å². The Hall–Kier alpha value is -1.88. The number of hydrogen-bond donors (Lipinski definition) is 0. The van der Waals surface area contributed by atoms with Crippen molar-refractivity contribution in [3.63, 3.8) is 0 Å². The molecular weight excluding hydrogens is 320 g/mol. The van der Waals surface area contributed by atoms with Gasteiger partial charge in [-0.15, -0.1) is 0 Å². The van der Waals surface area contributed by atoms with Crippen molar-refractivity contribution in [3.05, 3.63) is 34.9 Å². The highest BCUT2D eigenvalue weighted by Gasteiger charge is 2.74. The average molecular weight is 344 g/mol. The van der Waals surface area contributed by atoms with Gasteiger partial charge in [0.15, 0.2) is 6.10 Å². The van der Waals surface area contributed by atoms with E-state index in [1.54, 1.807) is 13.0 Å². The van der Waals surface area contributed by atoms with E-state index in [1.807, 2.05) is 13.8 Å². The molecule has 0 aromatic heterocycles. The van der Waals surface area contributed by atoms with E-state index < -0.39 is 11.7 Å². The monoisotopic (exact) mass is 344 g/mol. The van der Waals surface area contributed by atoms with Crippen LogP contribution in [0.3, 0.4) is 0 Å². The number of hydrogen-bond acceptors (Lipinski definition) is 5. The summed E-state index contributed by atoms with van der Waals surface area (Å²) >= 11 is 0. The Bertz CT molecular complexity index is 745. The summed E-state index contributed by atoms with van der Waals surface area (Å²) in [5.41, 5.74) is 3.01. The molecule has 5 nitrogen and oxygen atoms in total. The fraction of sp³-hybridized carbons (Fsp3) is 0.600. The predicted octanol–water partition coefficient (Wildman–Crippen LogP) is 2.86. The average Bonchev–Trinajstić information content (AvgIpc) is 3.14. The first-order valence-corrected chi connectivity index (χ1v) is 8.90. The Morgan fingerprint density at radius 2 is 2.16 bits per heavy atom. The van der Waals surface area contributed by atoms with Gasteiger partial charge >= 0.3 is 11.9 Å². The lowest BCUT2D eigenvalue weighted by molar-refractivity contribution is -0.145. The van der Waals surface area contributed by atoms with Gasteiger partial charge in [0, 0.05) is 17.1 Å². The van der Waals surface area contributed by atoms with E-state index in [0.29, 0.717) is 11.1 Å². The lowest BCUT2D eigenvalue weighted by Crippen LogP contribution is -2.35. The van der Waals surface area contributed by atoms with Crippen molar-refractivity contribution in [3.8, 4) is 0 Å². The number of carbonyl (C=O) groups is 2. The van der Waals surface area contributed by atoms with E-state index in [1.165, 1.54) is 5.57 Å². The van der Waals surface area contributed by atoms with Crippen LogP contribution in [0.1, 0.15) is 40.5 Å². The minimum absolute atomic E-state index is 0.0124. The summed E-state index contributed by atoms with van der Waals surface area (Å²) in [4.78, 5) is 24.4. The van der Waals surface area contributed by atoms with Crippen molar-refractivity contribution in [1.82, 2.24) is 0 Å². The minimum atomic E-state index is -0.441. The molecule has 0 amide bonds. The zero-order valence-electron chi connectivity index (χ0n) is 15.1. The molecular formula is C20H24O5. The van der Waals surface area contributed by atoms with Crippen molar-refractivity contribution < 1.29 is 23.8 Å². The normalized spacial score (nSPS) is 42.4. The van der Waals surface area contributed by atoms with Crippen LogP contribution in [0.5, 0.6) is 0 Å². The van der Waals surface area contributed by atoms with E-state index >= 15 is 0 Å². The highest BCUT2D eigenvalue weighted by Crippen LogP contribution is 2.62. The fourth-order valence-corrected chi connectivity index (χ4v) is 4.75. The maximum Gasteiger partial charge on any atom is 0.334 e. The molecule has 2 aliphatic heterocycles. The number of rotatable bonds is 2. The fourth-order valence-electron chi connectivity index (χ4n) is 4.75. The van der Waals surface area contributed by atoms with Crippen LogP contribution in [-0.2, 0) is 23.8 Å². The second-order valence-corrected chi connectivity index (χ2v) is 7.77. The van der Waals surface area contributed by atoms with Gasteiger partial charge in [-0.3, -0.25) is 0 Å². The molecule has 4 aliphatic rings. The molecule has 0 spiro atoms. The molecule has 0 unspecified atom stereocenters. The van der Waals surface area contributed by atoms with Crippen molar-refractivity contribution >= 4 is 11.9 Å². The van der Waals surface area contributed by atoms with Crippen molar-refractivity contribution in [2.45, 2.75) is 64.4 Å². The summed E-state index contributed by atoms with van der Waals surface area (Å²) in [6.07, 6.45) is 2.59. The molecule has 3 fully saturated rings. The summed E-state index contributed by atoms with van der Waals surface area (Å²) in [6.45, 7) is 11.6. The Morgan fingerprint density at radius 1 is 1.44 bits per heavy atom. The molecule has 0 aromatic rings. The first-order chi connectivity index (χ1) is 11.8. The van der Waals surface area contributed by atoms with E-state index in [9.17, 15) is 9.59 Å². The van der Waals surface area contributed by atoms with Crippen LogP contribution >= 0.6 is 0 Å². The van der Waals surface area contributed by atoms with Crippen LogP contribution < -0.4 is 0 Å². The van der Waals surface area contributed by atoms with E-state index in [2.05, 4.69) is 13.5 Å². The molecule has 1 saturated carbocycles. The molecule has 5 heteroatoms. The molecule has 2 saturated heterocycles. The molecule has 2 heterocycles. The van der Waals surface area contributed by atoms with Crippen LogP contribution in [0.25, 0.3) is 0 Å². The van der Waals surface area contributed by atoms with E-state index in [-0.39, 0.29) is 36.0 Å². The second-order valence-electron chi connectivity index (χ2n) is 7.77. The zero-order valence-corrected chi connectivity index (χ0v) is 15.1. The Labute approximate surface area is 147 Å². The van der Waals surface area contributed by atoms with Crippen LogP contribution in [0.4, 0.5) is 0 Å². The van der Waals surface area contributed by atoms with Crippen molar-refractivity contribution in [1.29, 1.82) is 0 Å². The van der Waals surface area contributed by atoms with Gasteiger partial charge < -0.3 is 14.2 Å². The molecule has 0 N–H and O–H groups in total. The second kappa shape index (κ2) is 5.31. The molecule has 134 valence electrons. The van der Waals surface area contributed by atoms with Crippen LogP contribution in [0.2, 0.25) is 0 Å². The standard InChI is InChI=1S/C20H24O5/c1-6-9(2)18(21)24-16-13-10(3)7-8-12-11(4)19(22)23-15(12)14(13)20(5)17(16)25-20/h6,12,14-17H,4,7-8H2,1-3,5H3/b9-6+/t12-,14-,15-,16+,17+,20-/m0/s1. The largest absolute Gasteiger partial charge is 0.458 e. The van der Waals surface area contributed by atoms with Gasteiger partial charge in [0.2, 0.25) is 0 Å². The molecule has 0 radical (unpaired) electrons. The lowest BCUT2D eigenvalue weighted by Gasteiger charge is -2.29. The first-order valence-electron chi connectivity index (χ1n) is 8.90. The van der Waals surface area contributed by atoms with Crippen LogP contribution in [0, 0.1) is 11.8 Å². The number of epoxide rings is 1. The third-order valence-electron chi connectivity index (χ3n) is 6.41. The quantitative estimate of drug-likeness (QED) is 0.334. The van der Waals surface area contributed by atoms with E-state index in [0.717, 1.165) is 18.4 Å². The summed E-state index contributed by atoms with van der Waals surface area (Å²) in [6, 6.07) is 0. The number of ether oxygens (including phenoxy) is 3. The predicted molar refractivity (Wildman–Crippen MR) is 90.5 cm³/mol. The number of esters is 2. The van der Waals surface area contributed by atoms with Gasteiger partial charge in [0.05, 0.1) is 5.92 Å². The molecule has 4 rings (SSSR count). The van der Waals surface area contributed by atoms with Gasteiger partial charge in [-0.2, -0.15) is 0 Å². The van der Waals surface area contributed by atoms with Crippen LogP contribution in [0.15, 0.2) is 34.9 Å². The van der Waals surface area contributed by atoms with Gasteiger partial charge in [-0.25, -0.2) is 9.59 Å². The highest BCUT2D eigenvalue weighted by atomic mass is 16.7. The summed E-state index contributed by atoms with van der Waals surface area (Å²) < 4.78 is 17.5. The SMILES string of the molecule is C=C1C(=O)O[C@H]2[C@H]1CCC(C)=C1[C@@H](OC(=O)/C(C)=C/C)[C@H]3O[C@@]3(C)[C@@H]12.